The van der Waals surface area contributed by atoms with Crippen molar-refractivity contribution in [2.75, 3.05) is 0 Å². The first kappa shape index (κ1) is 77.7. The lowest BCUT2D eigenvalue weighted by atomic mass is 10.0. The highest BCUT2D eigenvalue weighted by Crippen LogP contribution is 2.36. The van der Waals surface area contributed by atoms with E-state index in [-0.39, 0.29) is 0 Å². The SMILES string of the molecule is CC(C)c1c2c(nn1C)C2.Cc1cc2n(c1C(C)C)C2.Cc1cn2c(c1C(C)C)C2.Cc1nc(C)n(C(C)C)c1C.Cc1nc(C)n(C)c1C(C)C.Cc1nc2c(n1C(C)C)C2.Cc1nn(C)c(C(C)C)c1C.Cc1nn(C)c(C)c1C(C)C.Cc1nnn(C)c1C(C)C. The van der Waals surface area contributed by atoms with Crippen LogP contribution >= 0.6 is 0 Å². The molecule has 0 unspecified atom stereocenters. The van der Waals surface area contributed by atoms with Crippen molar-refractivity contribution in [3.05, 3.63) is 160 Å². The molecule has 0 amide bonds. The van der Waals surface area contributed by atoms with Crippen LogP contribution in [0, 0.1) is 90.0 Å². The maximum absolute atomic E-state index is 4.39. The normalized spacial score (nSPS) is 12.3. The molecule has 13 rings (SSSR count). The molecule has 2 aliphatic carbocycles. The minimum atomic E-state index is 0.514. The number of hydrogen-bond acceptors (Lipinski definition) is 8. The van der Waals surface area contributed by atoms with Gasteiger partial charge in [-0.25, -0.2) is 15.0 Å². The Labute approximate surface area is 568 Å². The molecule has 9 aromatic heterocycles. The molecule has 0 fully saturated rings. The first-order valence-corrected chi connectivity index (χ1v) is 34.9. The lowest BCUT2D eigenvalue weighted by Gasteiger charge is -2.11. The predicted octanol–water partition coefficient (Wildman–Crippen LogP) is 17.8. The molecule has 0 bridgehead atoms. The zero-order valence-corrected chi connectivity index (χ0v) is 65.8. The molecular weight excluding hydrogens is 1160 g/mol. The highest BCUT2D eigenvalue weighted by Gasteiger charge is 2.30. The molecule has 0 spiro atoms. The van der Waals surface area contributed by atoms with Crippen LogP contribution in [-0.2, 0) is 61.2 Å². The zero-order valence-electron chi connectivity index (χ0n) is 65.8. The second kappa shape index (κ2) is 32.1. The minimum absolute atomic E-state index is 0.514. The summed E-state index contributed by atoms with van der Waals surface area (Å²) >= 11 is 0. The first-order chi connectivity index (χ1) is 43.6. The molecule has 2 aliphatic heterocycles. The van der Waals surface area contributed by atoms with Gasteiger partial charge in [0.1, 0.15) is 17.5 Å². The molecule has 0 saturated heterocycles. The molecule has 11 heterocycles. The summed E-state index contributed by atoms with van der Waals surface area (Å²) in [4.78, 5) is 13.2. The van der Waals surface area contributed by atoms with Gasteiger partial charge in [0.15, 0.2) is 0 Å². The molecule has 9 aromatic rings. The fourth-order valence-electron chi connectivity index (χ4n) is 14.4. The summed E-state index contributed by atoms with van der Waals surface area (Å²) in [7, 11) is 10.0. The summed E-state index contributed by atoms with van der Waals surface area (Å²) in [6, 6.07) is 3.41. The fourth-order valence-corrected chi connectivity index (χ4v) is 14.4. The van der Waals surface area contributed by atoms with E-state index in [1.54, 1.807) is 11.3 Å². The summed E-state index contributed by atoms with van der Waals surface area (Å²) in [5.74, 6) is 7.66. The molecule has 94 heavy (non-hydrogen) atoms. The van der Waals surface area contributed by atoms with Crippen LogP contribution in [0.2, 0.25) is 0 Å². The summed E-state index contributed by atoms with van der Waals surface area (Å²) in [5.41, 5.74) is 31.0. The summed E-state index contributed by atoms with van der Waals surface area (Å²) in [6.45, 7) is 69.3. The Morgan fingerprint density at radius 2 is 0.894 bits per heavy atom. The number of aryl methyl sites for hydroxylation is 14. The van der Waals surface area contributed by atoms with E-state index in [2.05, 4.69) is 283 Å². The highest BCUT2D eigenvalue weighted by atomic mass is 15.4. The lowest BCUT2D eigenvalue weighted by Crippen LogP contribution is -2.04. The number of imidazole rings is 3. The largest absolute Gasteiger partial charge is 0.343 e. The second-order valence-corrected chi connectivity index (χ2v) is 29.6. The van der Waals surface area contributed by atoms with Crippen molar-refractivity contribution in [2.24, 2.45) is 35.2 Å². The third kappa shape index (κ3) is 18.9. The number of aromatic nitrogens is 17. The standard InChI is InChI=1S/4C9H16N2.2C9H13N.2C8H12N2.C7H13N3/c1-6(2)9-7(3)10-8(4)11(9)5;1-6(2)9-7(3)10-11(5)8(9)4;1-6(2)9-7(3)8(4)10-11(9)5;1-6(2)11-8(4)7(3)10-9(11)5;1-6(2)9-7(3)4-10-5-8(9)10;1-6(2)9-7(3)4-8-5-10(8)9;1-5(2)8-6-4-7(6)9-10(8)3;1-5(2)10-6(3)9-7-4-8(7)10;1-5(2)7-6(3)8-9-10(7)4/h4*6H,1-5H3;2*4,6H,5H2,1-3H3;2*5H,4H2,1-3H3;5H,1-4H3. The van der Waals surface area contributed by atoms with Crippen LogP contribution in [0.15, 0.2) is 12.3 Å². The van der Waals surface area contributed by atoms with Crippen molar-refractivity contribution in [1.82, 2.24) is 82.1 Å². The van der Waals surface area contributed by atoms with E-state index in [1.807, 2.05) is 60.8 Å². The van der Waals surface area contributed by atoms with Crippen molar-refractivity contribution in [1.29, 1.82) is 0 Å². The number of nitrogens with zero attached hydrogens (tertiary/aromatic N) is 17. The van der Waals surface area contributed by atoms with Crippen LogP contribution in [0.5, 0.6) is 0 Å². The summed E-state index contributed by atoms with van der Waals surface area (Å²) in [6.07, 6.45) is 4.54. The van der Waals surface area contributed by atoms with E-state index in [0.29, 0.717) is 53.5 Å². The van der Waals surface area contributed by atoms with Gasteiger partial charge >= 0.3 is 0 Å². The van der Waals surface area contributed by atoms with E-state index >= 15 is 0 Å². The van der Waals surface area contributed by atoms with Gasteiger partial charge in [0.25, 0.3) is 0 Å². The van der Waals surface area contributed by atoms with Gasteiger partial charge in [0.2, 0.25) is 0 Å². The van der Waals surface area contributed by atoms with Gasteiger partial charge in [-0.05, 0) is 193 Å². The van der Waals surface area contributed by atoms with Crippen LogP contribution in [0.3, 0.4) is 0 Å². The van der Waals surface area contributed by atoms with E-state index in [4.69, 9.17) is 0 Å². The number of rotatable bonds is 9. The molecule has 0 atom stereocenters. The predicted molar refractivity (Wildman–Crippen MR) is 392 cm³/mol. The molecule has 520 valence electrons. The molecule has 0 saturated carbocycles. The number of hydrogen-bond donors (Lipinski definition) is 0. The summed E-state index contributed by atoms with van der Waals surface area (Å²) < 4.78 is 19.2. The van der Waals surface area contributed by atoms with E-state index in [1.165, 1.54) is 121 Å². The van der Waals surface area contributed by atoms with Crippen molar-refractivity contribution < 1.29 is 0 Å². The Balaban J connectivity index is 0.000000192. The minimum Gasteiger partial charge on any atom is -0.343 e. The Kier molecular flexibility index (Phi) is 26.5. The number of fused-ring (bicyclic) bond motifs is 4. The van der Waals surface area contributed by atoms with E-state index in [9.17, 15) is 0 Å². The van der Waals surface area contributed by atoms with Gasteiger partial charge in [-0.2, -0.15) is 15.3 Å². The third-order valence-corrected chi connectivity index (χ3v) is 18.5. The highest BCUT2D eigenvalue weighted by molar-refractivity contribution is 5.45. The second-order valence-electron chi connectivity index (χ2n) is 29.6. The van der Waals surface area contributed by atoms with Gasteiger partial charge in [-0.1, -0.05) is 102 Å². The average molecular weight is 1290 g/mol. The molecule has 17 heteroatoms. The maximum Gasteiger partial charge on any atom is 0.106 e. The smallest absolute Gasteiger partial charge is 0.106 e. The van der Waals surface area contributed by atoms with Crippen LogP contribution in [0.1, 0.15) is 326 Å². The third-order valence-electron chi connectivity index (χ3n) is 18.5. The molecule has 17 nitrogen and oxygen atoms in total. The van der Waals surface area contributed by atoms with Gasteiger partial charge in [0.05, 0.1) is 58.6 Å². The van der Waals surface area contributed by atoms with Crippen molar-refractivity contribution in [3.8, 4) is 0 Å². The van der Waals surface area contributed by atoms with Gasteiger partial charge in [-0.3, -0.25) is 18.7 Å². The Morgan fingerprint density at radius 1 is 0.383 bits per heavy atom. The quantitative estimate of drug-likeness (QED) is 0.139. The van der Waals surface area contributed by atoms with Crippen LogP contribution in [-0.4, -0.2) is 82.1 Å². The first-order valence-electron chi connectivity index (χ1n) is 34.9. The maximum atomic E-state index is 4.39. The van der Waals surface area contributed by atoms with Crippen molar-refractivity contribution in [3.63, 3.8) is 0 Å². The van der Waals surface area contributed by atoms with E-state index < -0.39 is 0 Å². The van der Waals surface area contributed by atoms with Gasteiger partial charge in [0, 0.05) is 123 Å². The fraction of sp³-hybridized carbons (Fsp3) is 0.636. The Morgan fingerprint density at radius 3 is 1.13 bits per heavy atom. The van der Waals surface area contributed by atoms with Crippen LogP contribution in [0.4, 0.5) is 0 Å². The van der Waals surface area contributed by atoms with Crippen LogP contribution in [0.25, 0.3) is 0 Å². The molecule has 0 N–H and O–H groups in total. The van der Waals surface area contributed by atoms with Crippen molar-refractivity contribution >= 4 is 0 Å². The average Bonchev–Trinajstić information content (AvgIpc) is 1.62. The topological polar surface area (TPSA) is 147 Å². The molecule has 0 aromatic carbocycles. The van der Waals surface area contributed by atoms with Gasteiger partial charge in [-0.15, -0.1) is 5.10 Å². The molecular formula is C77H127N17. The van der Waals surface area contributed by atoms with Gasteiger partial charge < -0.3 is 22.8 Å². The molecule has 4 aliphatic rings. The monoisotopic (exact) mass is 1290 g/mol. The Hall–Kier alpha value is -7.04. The van der Waals surface area contributed by atoms with Crippen molar-refractivity contribution in [2.45, 2.75) is 294 Å². The molecule has 0 radical (unpaired) electrons. The van der Waals surface area contributed by atoms with E-state index in [0.717, 1.165) is 41.6 Å². The zero-order chi connectivity index (χ0) is 71.3. The Bertz CT molecular complexity index is 3420. The van der Waals surface area contributed by atoms with Crippen LogP contribution < -0.4 is 0 Å². The summed E-state index contributed by atoms with van der Waals surface area (Å²) in [5, 5.41) is 20.9. The lowest BCUT2D eigenvalue weighted by molar-refractivity contribution is 0.569.